The number of carbonyl (C=O) groups is 2. The standard InChI is InChI=1S/C12H16N2O3S/c15-11(14-17-9-4-1-2-5-9)8-13-12(16)10-6-3-7-18-10/h3,6-7,9H,1-2,4-5,8H2,(H,13,16)(H,14,15). The van der Waals surface area contributed by atoms with Gasteiger partial charge in [-0.05, 0) is 24.3 Å². The zero-order valence-corrected chi connectivity index (χ0v) is 10.8. The molecule has 2 N–H and O–H groups in total. The van der Waals surface area contributed by atoms with Crippen LogP contribution in [-0.4, -0.2) is 24.5 Å². The molecule has 6 heteroatoms. The number of carbonyl (C=O) groups excluding carboxylic acids is 2. The van der Waals surface area contributed by atoms with Crippen molar-refractivity contribution in [2.24, 2.45) is 0 Å². The number of hydroxylamine groups is 1. The number of hydrogen-bond acceptors (Lipinski definition) is 4. The van der Waals surface area contributed by atoms with Crippen LogP contribution in [0.25, 0.3) is 0 Å². The van der Waals surface area contributed by atoms with Crippen molar-refractivity contribution in [2.75, 3.05) is 6.54 Å². The molecule has 0 spiro atoms. The van der Waals surface area contributed by atoms with Crippen molar-refractivity contribution < 1.29 is 14.4 Å². The van der Waals surface area contributed by atoms with E-state index in [1.807, 2.05) is 5.38 Å². The lowest BCUT2D eigenvalue weighted by molar-refractivity contribution is -0.137. The van der Waals surface area contributed by atoms with E-state index in [0.717, 1.165) is 25.7 Å². The second-order valence-corrected chi connectivity index (χ2v) is 5.16. The average molecular weight is 268 g/mol. The third-order valence-corrected chi connectivity index (χ3v) is 3.66. The number of amides is 2. The van der Waals surface area contributed by atoms with Gasteiger partial charge in [0.2, 0.25) is 0 Å². The Morgan fingerprint density at radius 3 is 2.83 bits per heavy atom. The van der Waals surface area contributed by atoms with Crippen molar-refractivity contribution in [3.05, 3.63) is 22.4 Å². The van der Waals surface area contributed by atoms with Crippen molar-refractivity contribution in [1.82, 2.24) is 10.8 Å². The monoisotopic (exact) mass is 268 g/mol. The van der Waals surface area contributed by atoms with Gasteiger partial charge >= 0.3 is 0 Å². The van der Waals surface area contributed by atoms with Crippen molar-refractivity contribution in [2.45, 2.75) is 31.8 Å². The second-order valence-electron chi connectivity index (χ2n) is 4.21. The fourth-order valence-corrected chi connectivity index (χ4v) is 2.49. The predicted octanol–water partition coefficient (Wildman–Crippen LogP) is 1.47. The molecule has 1 saturated carbocycles. The quantitative estimate of drug-likeness (QED) is 0.795. The summed E-state index contributed by atoms with van der Waals surface area (Å²) in [7, 11) is 0. The van der Waals surface area contributed by atoms with Crippen LogP contribution in [0.1, 0.15) is 35.4 Å². The SMILES string of the molecule is O=C(CNC(=O)c1cccs1)NOC1CCCC1. The summed E-state index contributed by atoms with van der Waals surface area (Å²) in [4.78, 5) is 28.8. The highest BCUT2D eigenvalue weighted by Gasteiger charge is 2.17. The summed E-state index contributed by atoms with van der Waals surface area (Å²) in [6, 6.07) is 3.51. The summed E-state index contributed by atoms with van der Waals surface area (Å²) >= 11 is 1.34. The Morgan fingerprint density at radius 2 is 2.17 bits per heavy atom. The van der Waals surface area contributed by atoms with E-state index in [-0.39, 0.29) is 24.5 Å². The van der Waals surface area contributed by atoms with Crippen molar-refractivity contribution >= 4 is 23.2 Å². The molecule has 5 nitrogen and oxygen atoms in total. The van der Waals surface area contributed by atoms with Gasteiger partial charge in [-0.3, -0.25) is 14.4 Å². The highest BCUT2D eigenvalue weighted by Crippen LogP contribution is 2.19. The van der Waals surface area contributed by atoms with E-state index in [1.165, 1.54) is 11.3 Å². The first-order valence-corrected chi connectivity index (χ1v) is 6.90. The molecule has 1 aliphatic rings. The van der Waals surface area contributed by atoms with E-state index in [9.17, 15) is 9.59 Å². The van der Waals surface area contributed by atoms with Gasteiger partial charge in [0.25, 0.3) is 11.8 Å². The molecular formula is C12H16N2O3S. The van der Waals surface area contributed by atoms with E-state index in [4.69, 9.17) is 4.84 Å². The summed E-state index contributed by atoms with van der Waals surface area (Å²) in [5.74, 6) is -0.562. The van der Waals surface area contributed by atoms with Crippen LogP contribution in [0.4, 0.5) is 0 Å². The fourth-order valence-electron chi connectivity index (χ4n) is 1.85. The van der Waals surface area contributed by atoms with E-state index >= 15 is 0 Å². The highest BCUT2D eigenvalue weighted by atomic mass is 32.1. The maximum atomic E-state index is 11.5. The van der Waals surface area contributed by atoms with Crippen molar-refractivity contribution in [3.63, 3.8) is 0 Å². The van der Waals surface area contributed by atoms with Crippen molar-refractivity contribution in [3.8, 4) is 0 Å². The lowest BCUT2D eigenvalue weighted by atomic mass is 10.3. The molecule has 1 aromatic heterocycles. The first-order valence-electron chi connectivity index (χ1n) is 6.02. The van der Waals surface area contributed by atoms with Gasteiger partial charge in [0, 0.05) is 0 Å². The number of nitrogens with one attached hydrogen (secondary N) is 2. The van der Waals surface area contributed by atoms with E-state index < -0.39 is 0 Å². The molecule has 0 atom stereocenters. The molecular weight excluding hydrogens is 252 g/mol. The zero-order chi connectivity index (χ0) is 12.8. The van der Waals surface area contributed by atoms with Crippen LogP contribution in [0, 0.1) is 0 Å². The third-order valence-electron chi connectivity index (χ3n) is 2.80. The van der Waals surface area contributed by atoms with Crippen LogP contribution in [0.3, 0.4) is 0 Å². The maximum Gasteiger partial charge on any atom is 0.262 e. The maximum absolute atomic E-state index is 11.5. The Labute approximate surface area is 109 Å². The summed E-state index contributed by atoms with van der Waals surface area (Å²) in [6.07, 6.45) is 4.40. The molecule has 1 aromatic rings. The van der Waals surface area contributed by atoms with Gasteiger partial charge in [0.05, 0.1) is 17.5 Å². The normalized spacial score (nSPS) is 15.6. The molecule has 0 radical (unpaired) electrons. The lowest BCUT2D eigenvalue weighted by Gasteiger charge is -2.11. The minimum absolute atomic E-state index is 0.0660. The van der Waals surface area contributed by atoms with Gasteiger partial charge in [0.1, 0.15) is 0 Å². The van der Waals surface area contributed by atoms with Crippen LogP contribution in [0.5, 0.6) is 0 Å². The molecule has 0 unspecified atom stereocenters. The van der Waals surface area contributed by atoms with Crippen LogP contribution < -0.4 is 10.8 Å². The van der Waals surface area contributed by atoms with Gasteiger partial charge in [-0.15, -0.1) is 11.3 Å². The van der Waals surface area contributed by atoms with Crippen LogP contribution in [-0.2, 0) is 9.63 Å². The Balaban J connectivity index is 1.63. The molecule has 0 aromatic carbocycles. The zero-order valence-electron chi connectivity index (χ0n) is 9.98. The number of rotatable bonds is 5. The lowest BCUT2D eigenvalue weighted by Crippen LogP contribution is -2.38. The van der Waals surface area contributed by atoms with Crippen molar-refractivity contribution in [1.29, 1.82) is 0 Å². The van der Waals surface area contributed by atoms with E-state index in [2.05, 4.69) is 10.8 Å². The predicted molar refractivity (Wildman–Crippen MR) is 68.1 cm³/mol. The molecule has 0 bridgehead atoms. The number of thiophene rings is 1. The Kier molecular flexibility index (Phi) is 4.72. The third kappa shape index (κ3) is 3.82. The van der Waals surface area contributed by atoms with E-state index in [1.54, 1.807) is 12.1 Å². The molecule has 1 fully saturated rings. The van der Waals surface area contributed by atoms with E-state index in [0.29, 0.717) is 4.88 Å². The van der Waals surface area contributed by atoms with Crippen LogP contribution >= 0.6 is 11.3 Å². The molecule has 2 amide bonds. The number of hydrogen-bond donors (Lipinski definition) is 2. The highest BCUT2D eigenvalue weighted by molar-refractivity contribution is 7.12. The molecule has 18 heavy (non-hydrogen) atoms. The van der Waals surface area contributed by atoms with Gasteiger partial charge in [-0.2, -0.15) is 0 Å². The Morgan fingerprint density at radius 1 is 1.39 bits per heavy atom. The molecule has 1 heterocycles. The molecule has 98 valence electrons. The molecule has 2 rings (SSSR count). The molecule has 0 aliphatic heterocycles. The second kappa shape index (κ2) is 6.51. The Bertz CT molecular complexity index is 399. The van der Waals surface area contributed by atoms with Gasteiger partial charge in [0.15, 0.2) is 0 Å². The average Bonchev–Trinajstić information content (AvgIpc) is 3.05. The summed E-state index contributed by atoms with van der Waals surface area (Å²) < 4.78 is 0. The van der Waals surface area contributed by atoms with Gasteiger partial charge in [-0.25, -0.2) is 5.48 Å². The minimum Gasteiger partial charge on any atom is -0.342 e. The first kappa shape index (κ1) is 13.0. The first-order chi connectivity index (χ1) is 8.75. The van der Waals surface area contributed by atoms with Gasteiger partial charge < -0.3 is 5.32 Å². The molecule has 0 saturated heterocycles. The fraction of sp³-hybridized carbons (Fsp3) is 0.500. The summed E-state index contributed by atoms with van der Waals surface area (Å²) in [6.45, 7) is -0.0660. The topological polar surface area (TPSA) is 67.4 Å². The van der Waals surface area contributed by atoms with Crippen LogP contribution in [0.2, 0.25) is 0 Å². The molecule has 1 aliphatic carbocycles. The van der Waals surface area contributed by atoms with Crippen LogP contribution in [0.15, 0.2) is 17.5 Å². The summed E-state index contributed by atoms with van der Waals surface area (Å²) in [5.41, 5.74) is 2.37. The summed E-state index contributed by atoms with van der Waals surface area (Å²) in [5, 5.41) is 4.36. The smallest absolute Gasteiger partial charge is 0.262 e. The largest absolute Gasteiger partial charge is 0.342 e. The van der Waals surface area contributed by atoms with Gasteiger partial charge in [-0.1, -0.05) is 18.9 Å². The Hall–Kier alpha value is -1.40. The minimum atomic E-state index is -0.327.